The summed E-state index contributed by atoms with van der Waals surface area (Å²) in [7, 11) is 0. The van der Waals surface area contributed by atoms with E-state index in [-0.39, 0.29) is 12.3 Å². The van der Waals surface area contributed by atoms with E-state index in [1.165, 1.54) is 12.8 Å². The number of carboxylic acid groups (broad SMARTS) is 1. The van der Waals surface area contributed by atoms with Crippen molar-refractivity contribution >= 4 is 5.97 Å². The average molecular weight is 186 g/mol. The number of carboxylic acids is 1. The maximum Gasteiger partial charge on any atom is 0.305 e. The van der Waals surface area contributed by atoms with E-state index in [2.05, 4.69) is 0 Å². The van der Waals surface area contributed by atoms with Crippen molar-refractivity contribution in [3.05, 3.63) is 0 Å². The Balaban J connectivity index is 2.34. The maximum atomic E-state index is 10.4. The van der Waals surface area contributed by atoms with Gasteiger partial charge in [-0.2, -0.15) is 0 Å². The van der Waals surface area contributed by atoms with Gasteiger partial charge < -0.3 is 10.2 Å². The van der Waals surface area contributed by atoms with Gasteiger partial charge in [0.25, 0.3) is 0 Å². The van der Waals surface area contributed by atoms with E-state index in [1.807, 2.05) is 0 Å². The summed E-state index contributed by atoms with van der Waals surface area (Å²) in [6, 6.07) is 0. The zero-order valence-electron chi connectivity index (χ0n) is 7.91. The molecule has 3 nitrogen and oxygen atoms in total. The van der Waals surface area contributed by atoms with Crippen LogP contribution in [0.25, 0.3) is 0 Å². The van der Waals surface area contributed by atoms with E-state index < -0.39 is 12.1 Å². The first-order chi connectivity index (χ1) is 6.20. The number of hydrogen-bond acceptors (Lipinski definition) is 2. The van der Waals surface area contributed by atoms with Gasteiger partial charge in [0.15, 0.2) is 0 Å². The predicted molar refractivity (Wildman–Crippen MR) is 49.5 cm³/mol. The Morgan fingerprint density at radius 2 is 1.77 bits per heavy atom. The SMILES string of the molecule is O=C(O)C[C@@H](O)C1CCCCCC1. The molecule has 0 radical (unpaired) electrons. The second kappa shape index (κ2) is 5.22. The topological polar surface area (TPSA) is 57.5 Å². The van der Waals surface area contributed by atoms with Crippen molar-refractivity contribution in [1.82, 2.24) is 0 Å². The van der Waals surface area contributed by atoms with Gasteiger partial charge in [0.1, 0.15) is 0 Å². The Morgan fingerprint density at radius 1 is 1.23 bits per heavy atom. The third-order valence-corrected chi connectivity index (χ3v) is 2.83. The first kappa shape index (κ1) is 10.5. The van der Waals surface area contributed by atoms with E-state index in [9.17, 15) is 9.90 Å². The van der Waals surface area contributed by atoms with E-state index in [0.717, 1.165) is 25.7 Å². The van der Waals surface area contributed by atoms with Crippen molar-refractivity contribution in [1.29, 1.82) is 0 Å². The molecule has 0 aromatic rings. The van der Waals surface area contributed by atoms with Crippen LogP contribution in [0.4, 0.5) is 0 Å². The Labute approximate surface area is 78.8 Å². The molecule has 0 amide bonds. The molecular formula is C10H18O3. The molecule has 0 aliphatic heterocycles. The fourth-order valence-electron chi connectivity index (χ4n) is 2.04. The van der Waals surface area contributed by atoms with Crippen LogP contribution in [0.3, 0.4) is 0 Å². The molecule has 1 aliphatic rings. The number of aliphatic carboxylic acids is 1. The fourth-order valence-corrected chi connectivity index (χ4v) is 2.04. The molecule has 2 N–H and O–H groups in total. The molecule has 0 heterocycles. The second-order valence-electron chi connectivity index (χ2n) is 3.92. The van der Waals surface area contributed by atoms with E-state index >= 15 is 0 Å². The van der Waals surface area contributed by atoms with Crippen molar-refractivity contribution in [3.8, 4) is 0 Å². The van der Waals surface area contributed by atoms with Crippen LogP contribution < -0.4 is 0 Å². The van der Waals surface area contributed by atoms with Crippen LogP contribution in [0.15, 0.2) is 0 Å². The van der Waals surface area contributed by atoms with Gasteiger partial charge in [0.05, 0.1) is 12.5 Å². The molecule has 1 fully saturated rings. The predicted octanol–water partition coefficient (Wildman–Crippen LogP) is 1.79. The zero-order valence-corrected chi connectivity index (χ0v) is 7.91. The van der Waals surface area contributed by atoms with Crippen molar-refractivity contribution in [3.63, 3.8) is 0 Å². The first-order valence-electron chi connectivity index (χ1n) is 5.10. The number of hydrogen-bond donors (Lipinski definition) is 2. The van der Waals surface area contributed by atoms with Crippen LogP contribution in [0.1, 0.15) is 44.9 Å². The quantitative estimate of drug-likeness (QED) is 0.661. The lowest BCUT2D eigenvalue weighted by Crippen LogP contribution is -2.23. The molecule has 0 bridgehead atoms. The molecule has 3 heteroatoms. The van der Waals surface area contributed by atoms with Crippen LogP contribution in [0.2, 0.25) is 0 Å². The lowest BCUT2D eigenvalue weighted by atomic mass is 9.92. The fraction of sp³-hybridized carbons (Fsp3) is 0.900. The minimum absolute atomic E-state index is 0.0926. The minimum Gasteiger partial charge on any atom is -0.481 e. The van der Waals surface area contributed by atoms with Crippen LogP contribution in [-0.2, 0) is 4.79 Å². The average Bonchev–Trinajstić information content (AvgIpc) is 2.29. The highest BCUT2D eigenvalue weighted by Crippen LogP contribution is 2.26. The van der Waals surface area contributed by atoms with Gasteiger partial charge in [-0.05, 0) is 18.8 Å². The van der Waals surface area contributed by atoms with Crippen LogP contribution >= 0.6 is 0 Å². The third-order valence-electron chi connectivity index (χ3n) is 2.83. The normalized spacial score (nSPS) is 22.2. The van der Waals surface area contributed by atoms with Gasteiger partial charge >= 0.3 is 5.97 Å². The van der Waals surface area contributed by atoms with E-state index in [1.54, 1.807) is 0 Å². The summed E-state index contributed by atoms with van der Waals surface area (Å²) in [5, 5.41) is 18.1. The summed E-state index contributed by atoms with van der Waals surface area (Å²) in [4.78, 5) is 10.4. The monoisotopic (exact) mass is 186 g/mol. The molecular weight excluding hydrogens is 168 g/mol. The Kier molecular flexibility index (Phi) is 4.22. The first-order valence-corrected chi connectivity index (χ1v) is 5.10. The number of rotatable bonds is 3. The van der Waals surface area contributed by atoms with Gasteiger partial charge in [-0.1, -0.05) is 25.7 Å². The number of aliphatic hydroxyl groups excluding tert-OH is 1. The van der Waals surface area contributed by atoms with E-state index in [4.69, 9.17) is 5.11 Å². The molecule has 1 saturated carbocycles. The minimum atomic E-state index is -0.892. The molecule has 1 aliphatic carbocycles. The summed E-state index contributed by atoms with van der Waals surface area (Å²) in [6.07, 6.45) is 6.01. The highest BCUT2D eigenvalue weighted by molar-refractivity contribution is 5.67. The molecule has 0 spiro atoms. The summed E-state index contributed by atoms with van der Waals surface area (Å²) in [5.74, 6) is -0.671. The Bertz CT molecular complexity index is 160. The molecule has 0 aromatic heterocycles. The lowest BCUT2D eigenvalue weighted by Gasteiger charge is -2.19. The molecule has 1 rings (SSSR count). The van der Waals surface area contributed by atoms with Gasteiger partial charge in [-0.15, -0.1) is 0 Å². The molecule has 13 heavy (non-hydrogen) atoms. The Hall–Kier alpha value is -0.570. The van der Waals surface area contributed by atoms with Crippen molar-refractivity contribution in [2.45, 2.75) is 51.0 Å². The highest BCUT2D eigenvalue weighted by Gasteiger charge is 2.22. The van der Waals surface area contributed by atoms with Gasteiger partial charge in [0.2, 0.25) is 0 Å². The summed E-state index contributed by atoms with van der Waals surface area (Å²) in [5.41, 5.74) is 0. The number of aliphatic hydroxyl groups is 1. The van der Waals surface area contributed by atoms with Crippen LogP contribution in [0, 0.1) is 5.92 Å². The largest absolute Gasteiger partial charge is 0.481 e. The summed E-state index contributed by atoms with van der Waals surface area (Å²) >= 11 is 0. The van der Waals surface area contributed by atoms with Gasteiger partial charge in [-0.3, -0.25) is 4.79 Å². The van der Waals surface area contributed by atoms with E-state index in [0.29, 0.717) is 0 Å². The van der Waals surface area contributed by atoms with Crippen LogP contribution in [0.5, 0.6) is 0 Å². The Morgan fingerprint density at radius 3 is 2.23 bits per heavy atom. The van der Waals surface area contributed by atoms with Crippen molar-refractivity contribution in [2.75, 3.05) is 0 Å². The highest BCUT2D eigenvalue weighted by atomic mass is 16.4. The zero-order chi connectivity index (χ0) is 9.68. The maximum absolute atomic E-state index is 10.4. The lowest BCUT2D eigenvalue weighted by molar-refractivity contribution is -0.140. The second-order valence-corrected chi connectivity index (χ2v) is 3.92. The summed E-state index contributed by atoms with van der Waals surface area (Å²) in [6.45, 7) is 0. The molecule has 0 unspecified atom stereocenters. The standard InChI is InChI=1S/C10H18O3/c11-9(7-10(12)13)8-5-3-1-2-4-6-8/h8-9,11H,1-7H2,(H,12,13)/t9-/m1/s1. The van der Waals surface area contributed by atoms with Crippen molar-refractivity contribution in [2.24, 2.45) is 5.92 Å². The van der Waals surface area contributed by atoms with Crippen molar-refractivity contribution < 1.29 is 15.0 Å². The molecule has 0 saturated heterocycles. The van der Waals surface area contributed by atoms with Gasteiger partial charge in [-0.25, -0.2) is 0 Å². The van der Waals surface area contributed by atoms with Crippen LogP contribution in [-0.4, -0.2) is 22.3 Å². The smallest absolute Gasteiger partial charge is 0.305 e. The molecule has 1 atom stereocenters. The number of carbonyl (C=O) groups is 1. The molecule has 0 aromatic carbocycles. The third kappa shape index (κ3) is 3.77. The summed E-state index contributed by atoms with van der Waals surface area (Å²) < 4.78 is 0. The molecule has 76 valence electrons. The van der Waals surface area contributed by atoms with Gasteiger partial charge in [0, 0.05) is 0 Å².